The molecule has 2 N–H and O–H groups in total. The summed E-state index contributed by atoms with van der Waals surface area (Å²) in [7, 11) is 0. The van der Waals surface area contributed by atoms with Crippen LogP contribution in [0.5, 0.6) is 0 Å². The minimum Gasteiger partial charge on any atom is -0.480 e. The fourth-order valence-electron chi connectivity index (χ4n) is 4.96. The smallest absolute Gasteiger partial charge is 0.326 e. The molecule has 0 radical (unpaired) electrons. The van der Waals surface area contributed by atoms with Gasteiger partial charge in [0.25, 0.3) is 0 Å². The average molecular weight is 465 g/mol. The van der Waals surface area contributed by atoms with Crippen LogP contribution in [-0.2, 0) is 33.6 Å². The second-order valence-electron chi connectivity index (χ2n) is 9.80. The number of aliphatic carboxylic acids is 1. The van der Waals surface area contributed by atoms with Crippen molar-refractivity contribution < 1.29 is 19.4 Å². The Balaban J connectivity index is 1.14. The molecule has 1 aromatic heterocycles. The number of aryl methyl sites for hydroxylation is 3. The monoisotopic (exact) mass is 464 g/mol. The molecule has 1 aromatic carbocycles. The number of benzene rings is 1. The van der Waals surface area contributed by atoms with Crippen molar-refractivity contribution in [2.45, 2.75) is 82.8 Å². The van der Waals surface area contributed by atoms with Gasteiger partial charge in [-0.2, -0.15) is 0 Å². The molecule has 0 unspecified atom stereocenters. The molecule has 1 fully saturated rings. The minimum atomic E-state index is -1.03. The highest BCUT2D eigenvalue weighted by atomic mass is 16.5. The van der Waals surface area contributed by atoms with E-state index in [1.807, 2.05) is 30.3 Å². The predicted octanol–water partition coefficient (Wildman–Crippen LogP) is 4.45. The second-order valence-corrected chi connectivity index (χ2v) is 9.80. The number of hydrogen-bond donors (Lipinski definition) is 2. The van der Waals surface area contributed by atoms with E-state index in [2.05, 4.69) is 17.4 Å². The lowest BCUT2D eigenvalue weighted by molar-refractivity contribution is -0.143. The number of amides is 1. The summed E-state index contributed by atoms with van der Waals surface area (Å²) < 4.78 is 5.91. The van der Waals surface area contributed by atoms with Crippen molar-refractivity contribution in [2.24, 2.45) is 5.92 Å². The van der Waals surface area contributed by atoms with E-state index in [4.69, 9.17) is 9.72 Å². The van der Waals surface area contributed by atoms with Crippen LogP contribution in [-0.4, -0.2) is 40.7 Å². The number of nitrogens with one attached hydrogen (secondary N) is 1. The number of fused-ring (bicyclic) bond motifs is 1. The zero-order valence-corrected chi connectivity index (χ0v) is 20.0. The van der Waals surface area contributed by atoms with Crippen LogP contribution in [0.1, 0.15) is 73.9 Å². The molecule has 0 saturated heterocycles. The highest BCUT2D eigenvalue weighted by Crippen LogP contribution is 2.34. The normalized spacial score (nSPS) is 21.1. The summed E-state index contributed by atoms with van der Waals surface area (Å²) in [6, 6.07) is 12.9. The topological polar surface area (TPSA) is 88.5 Å². The van der Waals surface area contributed by atoms with Gasteiger partial charge in [-0.25, -0.2) is 4.79 Å². The molecule has 1 saturated carbocycles. The zero-order chi connectivity index (χ0) is 23.9. The number of carboxylic acids is 1. The van der Waals surface area contributed by atoms with E-state index in [0.29, 0.717) is 12.5 Å². The third kappa shape index (κ3) is 6.44. The summed E-state index contributed by atoms with van der Waals surface area (Å²) in [6.07, 6.45) is 9.44. The lowest BCUT2D eigenvalue weighted by atomic mass is 9.79. The van der Waals surface area contributed by atoms with Gasteiger partial charge in [0, 0.05) is 24.4 Å². The lowest BCUT2D eigenvalue weighted by Crippen LogP contribution is -2.43. The van der Waals surface area contributed by atoms with Crippen LogP contribution in [0.2, 0.25) is 0 Å². The Labute approximate surface area is 202 Å². The lowest BCUT2D eigenvalue weighted by Gasteiger charge is -2.35. The SMILES string of the molecule is C[C@H](C(=O)N[C@@H](CCOC1CC(CCc2ccc3c(n2)CCCC3)C1)C(=O)O)c1ccccc1. The molecular weight excluding hydrogens is 428 g/mol. The predicted molar refractivity (Wildman–Crippen MR) is 131 cm³/mol. The van der Waals surface area contributed by atoms with Crippen LogP contribution in [0.15, 0.2) is 42.5 Å². The fraction of sp³-hybridized carbons (Fsp3) is 0.536. The number of carbonyl (C=O) groups is 2. The first kappa shape index (κ1) is 24.4. The van der Waals surface area contributed by atoms with E-state index < -0.39 is 17.9 Å². The summed E-state index contributed by atoms with van der Waals surface area (Å²) in [5.41, 5.74) is 4.80. The molecule has 1 heterocycles. The van der Waals surface area contributed by atoms with Crippen molar-refractivity contribution in [1.29, 1.82) is 0 Å². The Morgan fingerprint density at radius 3 is 2.65 bits per heavy atom. The maximum absolute atomic E-state index is 12.5. The van der Waals surface area contributed by atoms with E-state index in [-0.39, 0.29) is 18.4 Å². The number of hydrogen-bond acceptors (Lipinski definition) is 4. The van der Waals surface area contributed by atoms with Crippen molar-refractivity contribution in [3.63, 3.8) is 0 Å². The van der Waals surface area contributed by atoms with Gasteiger partial charge < -0.3 is 15.2 Å². The number of aromatic nitrogens is 1. The van der Waals surface area contributed by atoms with Crippen LogP contribution >= 0.6 is 0 Å². The van der Waals surface area contributed by atoms with E-state index in [0.717, 1.165) is 37.7 Å². The Kier molecular flexibility index (Phi) is 8.33. The van der Waals surface area contributed by atoms with Crippen molar-refractivity contribution >= 4 is 11.9 Å². The number of ether oxygens (including phenoxy) is 1. The molecular formula is C28H36N2O4. The molecule has 2 aliphatic carbocycles. The van der Waals surface area contributed by atoms with E-state index in [1.54, 1.807) is 6.92 Å². The Hall–Kier alpha value is -2.73. The van der Waals surface area contributed by atoms with Crippen molar-refractivity contribution in [3.8, 4) is 0 Å². The van der Waals surface area contributed by atoms with Gasteiger partial charge in [0.05, 0.1) is 12.0 Å². The second kappa shape index (κ2) is 11.6. The summed E-state index contributed by atoms with van der Waals surface area (Å²) in [5.74, 6) is -1.06. The number of pyridine rings is 1. The van der Waals surface area contributed by atoms with Crippen LogP contribution in [0.25, 0.3) is 0 Å². The first-order valence-corrected chi connectivity index (χ1v) is 12.7. The molecule has 1 amide bonds. The van der Waals surface area contributed by atoms with Crippen LogP contribution in [0, 0.1) is 5.92 Å². The Bertz CT molecular complexity index is 972. The van der Waals surface area contributed by atoms with Crippen LogP contribution in [0.3, 0.4) is 0 Å². The van der Waals surface area contributed by atoms with E-state index >= 15 is 0 Å². The van der Waals surface area contributed by atoms with E-state index in [1.165, 1.54) is 36.2 Å². The molecule has 0 aliphatic heterocycles. The van der Waals surface area contributed by atoms with E-state index in [9.17, 15) is 14.7 Å². The van der Waals surface area contributed by atoms with Gasteiger partial charge in [-0.3, -0.25) is 9.78 Å². The average Bonchev–Trinajstić information content (AvgIpc) is 2.83. The summed E-state index contributed by atoms with van der Waals surface area (Å²) in [4.78, 5) is 29.0. The number of carbonyl (C=O) groups excluding carboxylic acids is 1. The molecule has 2 atom stereocenters. The first-order chi connectivity index (χ1) is 16.5. The Morgan fingerprint density at radius 1 is 1.12 bits per heavy atom. The highest BCUT2D eigenvalue weighted by molar-refractivity contribution is 5.87. The van der Waals surface area contributed by atoms with Crippen molar-refractivity contribution in [1.82, 2.24) is 10.3 Å². The maximum atomic E-state index is 12.5. The van der Waals surface area contributed by atoms with Crippen LogP contribution in [0.4, 0.5) is 0 Å². The zero-order valence-electron chi connectivity index (χ0n) is 20.0. The summed E-state index contributed by atoms with van der Waals surface area (Å²) >= 11 is 0. The molecule has 6 heteroatoms. The van der Waals surface area contributed by atoms with Gasteiger partial charge in [-0.05, 0) is 81.4 Å². The molecule has 4 rings (SSSR count). The van der Waals surface area contributed by atoms with Crippen molar-refractivity contribution in [3.05, 3.63) is 65.0 Å². The third-order valence-electron chi connectivity index (χ3n) is 7.30. The molecule has 34 heavy (non-hydrogen) atoms. The molecule has 0 bridgehead atoms. The van der Waals surface area contributed by atoms with Gasteiger partial charge in [-0.15, -0.1) is 0 Å². The van der Waals surface area contributed by atoms with Gasteiger partial charge in [0.15, 0.2) is 0 Å². The van der Waals surface area contributed by atoms with Gasteiger partial charge >= 0.3 is 5.97 Å². The largest absolute Gasteiger partial charge is 0.480 e. The molecule has 182 valence electrons. The number of rotatable bonds is 11. The first-order valence-electron chi connectivity index (χ1n) is 12.7. The number of carboxylic acid groups (broad SMARTS) is 1. The fourth-order valence-corrected chi connectivity index (χ4v) is 4.96. The number of nitrogens with zero attached hydrogens (tertiary/aromatic N) is 1. The quantitative estimate of drug-likeness (QED) is 0.513. The van der Waals surface area contributed by atoms with Gasteiger partial charge in [-0.1, -0.05) is 36.4 Å². The molecule has 2 aromatic rings. The molecule has 6 nitrogen and oxygen atoms in total. The standard InChI is InChI=1S/C28H36N2O4/c1-19(21-7-3-2-4-8-21)27(31)30-26(28(32)33)15-16-34-24-17-20(18-24)11-13-23-14-12-22-9-5-6-10-25(22)29-23/h2-4,7-8,12,14,19-20,24,26H,5-6,9-11,13,15-18H2,1H3,(H,30,31)(H,32,33)/t19-,20?,24?,26-/m0/s1. The van der Waals surface area contributed by atoms with Crippen molar-refractivity contribution in [2.75, 3.05) is 6.61 Å². The molecule has 0 spiro atoms. The summed E-state index contributed by atoms with van der Waals surface area (Å²) in [6.45, 7) is 2.12. The third-order valence-corrected chi connectivity index (χ3v) is 7.30. The van der Waals surface area contributed by atoms with Crippen LogP contribution < -0.4 is 5.32 Å². The highest BCUT2D eigenvalue weighted by Gasteiger charge is 2.30. The minimum absolute atomic E-state index is 0.190. The van der Waals surface area contributed by atoms with Gasteiger partial charge in [0.1, 0.15) is 6.04 Å². The Morgan fingerprint density at radius 2 is 1.88 bits per heavy atom. The maximum Gasteiger partial charge on any atom is 0.326 e. The summed E-state index contributed by atoms with van der Waals surface area (Å²) in [5, 5.41) is 12.2. The molecule has 2 aliphatic rings. The van der Waals surface area contributed by atoms with Gasteiger partial charge in [0.2, 0.25) is 5.91 Å².